The van der Waals surface area contributed by atoms with Crippen molar-refractivity contribution in [3.8, 4) is 0 Å². The van der Waals surface area contributed by atoms with Crippen molar-refractivity contribution in [2.75, 3.05) is 5.73 Å². The Morgan fingerprint density at radius 3 is 2.00 bits per heavy atom. The summed E-state index contributed by atoms with van der Waals surface area (Å²) in [6.45, 7) is 1.93. The van der Waals surface area contributed by atoms with E-state index in [9.17, 15) is 25.9 Å². The number of aliphatic imine (C=N–C) groups is 1. The molecule has 0 heterocycles. The van der Waals surface area contributed by atoms with Gasteiger partial charge in [0.15, 0.2) is 0 Å². The van der Waals surface area contributed by atoms with Gasteiger partial charge in [-0.3, -0.25) is 14.1 Å². The minimum absolute atomic E-state index is 0.0875. The van der Waals surface area contributed by atoms with E-state index in [0.717, 1.165) is 17.2 Å². The molecule has 10 heteroatoms. The van der Waals surface area contributed by atoms with Gasteiger partial charge in [0.1, 0.15) is 9.79 Å². The summed E-state index contributed by atoms with van der Waals surface area (Å²) in [6, 6.07) is 15.6. The van der Waals surface area contributed by atoms with Gasteiger partial charge in [-0.2, -0.15) is 16.8 Å². The fourth-order valence-corrected chi connectivity index (χ4v) is 4.38. The van der Waals surface area contributed by atoms with Crippen molar-refractivity contribution in [2.24, 2.45) is 4.99 Å². The first-order chi connectivity index (χ1) is 14.9. The van der Waals surface area contributed by atoms with E-state index in [1.165, 1.54) is 36.4 Å². The largest absolute Gasteiger partial charge is 0.399 e. The molecule has 8 nitrogen and oxygen atoms in total. The fraction of sp³-hybridized carbons (Fsp3) is 0.0455. The molecule has 3 aromatic carbocycles. The predicted octanol–water partition coefficient (Wildman–Crippen LogP) is 3.99. The number of nitrogens with two attached hydrogens (primary N) is 1. The van der Waals surface area contributed by atoms with Crippen LogP contribution in [0.15, 0.2) is 75.4 Å². The quantitative estimate of drug-likeness (QED) is 0.213. The number of anilines is 1. The third-order valence-electron chi connectivity index (χ3n) is 4.44. The Morgan fingerprint density at radius 1 is 0.812 bits per heavy atom. The Hall–Kier alpha value is -3.31. The second kappa shape index (κ2) is 9.05. The molecule has 3 aromatic rings. The van der Waals surface area contributed by atoms with Gasteiger partial charge in [0, 0.05) is 11.9 Å². The summed E-state index contributed by atoms with van der Waals surface area (Å²) >= 11 is 0. The Labute approximate surface area is 186 Å². The van der Waals surface area contributed by atoms with Crippen molar-refractivity contribution in [2.45, 2.75) is 16.7 Å². The molecule has 0 aliphatic carbocycles. The average Bonchev–Trinajstić information content (AvgIpc) is 2.70. The van der Waals surface area contributed by atoms with Crippen LogP contribution in [0.1, 0.15) is 22.3 Å². The first kappa shape index (κ1) is 23.4. The summed E-state index contributed by atoms with van der Waals surface area (Å²) in [5, 5.41) is 0. The molecule has 0 unspecified atom stereocenters. The summed E-state index contributed by atoms with van der Waals surface area (Å²) in [7, 11) is -9.17. The lowest BCUT2D eigenvalue weighted by molar-refractivity contribution is 0.480. The lowest BCUT2D eigenvalue weighted by Gasteiger charge is -2.06. The van der Waals surface area contributed by atoms with Gasteiger partial charge in [0.25, 0.3) is 20.2 Å². The van der Waals surface area contributed by atoms with E-state index in [1.54, 1.807) is 12.3 Å². The van der Waals surface area contributed by atoms with Crippen LogP contribution in [0.2, 0.25) is 0 Å². The third-order valence-corrected chi connectivity index (χ3v) is 6.26. The number of nitrogens with zero attached hydrogens (tertiary/aromatic N) is 1. The highest BCUT2D eigenvalue weighted by Gasteiger charge is 2.17. The van der Waals surface area contributed by atoms with Crippen LogP contribution in [0.3, 0.4) is 0 Å². The molecule has 4 N–H and O–H groups in total. The minimum atomic E-state index is -4.61. The molecule has 0 aliphatic rings. The van der Waals surface area contributed by atoms with Crippen LogP contribution in [0.4, 0.5) is 11.4 Å². The van der Waals surface area contributed by atoms with Crippen LogP contribution in [0.25, 0.3) is 12.2 Å². The second-order valence-corrected chi connectivity index (χ2v) is 9.76. The monoisotopic (exact) mass is 472 g/mol. The molecule has 0 aliphatic heterocycles. The maximum Gasteiger partial charge on any atom is 0.295 e. The molecule has 0 radical (unpaired) electrons. The fourth-order valence-electron chi connectivity index (χ4n) is 2.96. The van der Waals surface area contributed by atoms with Crippen molar-refractivity contribution in [3.05, 3.63) is 82.9 Å². The van der Waals surface area contributed by atoms with Gasteiger partial charge in [-0.05, 0) is 47.9 Å². The lowest BCUT2D eigenvalue weighted by atomic mass is 10.1. The molecule has 0 amide bonds. The Kier molecular flexibility index (Phi) is 6.60. The number of rotatable bonds is 6. The van der Waals surface area contributed by atoms with Gasteiger partial charge in [0.05, 0.1) is 5.69 Å². The topological polar surface area (TPSA) is 147 Å². The summed E-state index contributed by atoms with van der Waals surface area (Å²) in [5.74, 6) is 0. The molecule has 0 bridgehead atoms. The predicted molar refractivity (Wildman–Crippen MR) is 124 cm³/mol. The number of nitrogen functional groups attached to an aromatic ring is 1. The van der Waals surface area contributed by atoms with Gasteiger partial charge in [-0.25, -0.2) is 0 Å². The van der Waals surface area contributed by atoms with E-state index in [0.29, 0.717) is 5.69 Å². The molecule has 0 aromatic heterocycles. The standard InChI is InChI=1S/C22H20N2O6S2/c1-15-3-2-4-16(11-15)14-24-20-10-8-18(22(13-20)32(28,29)30)6-5-17-7-9-19(23)12-21(17)31(25,26)27/h2-14H,23H2,1H3,(H,25,26,27)(H,28,29,30)/b6-5+,24-14?. The van der Waals surface area contributed by atoms with E-state index in [2.05, 4.69) is 4.99 Å². The minimum Gasteiger partial charge on any atom is -0.399 e. The van der Waals surface area contributed by atoms with Crippen LogP contribution < -0.4 is 5.73 Å². The molecule has 0 saturated carbocycles. The van der Waals surface area contributed by atoms with Crippen molar-refractivity contribution >= 4 is 50.0 Å². The van der Waals surface area contributed by atoms with Crippen LogP contribution in [0, 0.1) is 6.92 Å². The smallest absolute Gasteiger partial charge is 0.295 e. The highest BCUT2D eigenvalue weighted by Crippen LogP contribution is 2.26. The van der Waals surface area contributed by atoms with Crippen molar-refractivity contribution in [3.63, 3.8) is 0 Å². The van der Waals surface area contributed by atoms with Crippen molar-refractivity contribution in [1.29, 1.82) is 0 Å². The van der Waals surface area contributed by atoms with Crippen molar-refractivity contribution < 1.29 is 25.9 Å². The summed E-state index contributed by atoms with van der Waals surface area (Å²) in [4.78, 5) is 3.42. The SMILES string of the molecule is Cc1cccc(C=Nc2ccc(/C=C/c3ccc(N)cc3S(=O)(=O)O)c(S(=O)(=O)O)c2)c1. The second-order valence-electron chi connectivity index (χ2n) is 6.98. The maximum atomic E-state index is 11.9. The van der Waals surface area contributed by atoms with Gasteiger partial charge in [-0.1, -0.05) is 54.1 Å². The Balaban J connectivity index is 2.01. The summed E-state index contributed by atoms with van der Waals surface area (Å²) in [5.41, 5.74) is 8.05. The van der Waals surface area contributed by atoms with E-state index in [-0.39, 0.29) is 16.8 Å². The van der Waals surface area contributed by atoms with Gasteiger partial charge in [0.2, 0.25) is 0 Å². The highest BCUT2D eigenvalue weighted by atomic mass is 32.2. The van der Waals surface area contributed by atoms with Crippen LogP contribution in [-0.2, 0) is 20.2 Å². The summed E-state index contributed by atoms with van der Waals surface area (Å²) in [6.07, 6.45) is 4.16. The first-order valence-corrected chi connectivity index (χ1v) is 12.1. The molecule has 0 fully saturated rings. The van der Waals surface area contributed by atoms with E-state index >= 15 is 0 Å². The molecular weight excluding hydrogens is 452 g/mol. The zero-order valence-corrected chi connectivity index (χ0v) is 18.5. The summed E-state index contributed by atoms with van der Waals surface area (Å²) < 4.78 is 66.2. The highest BCUT2D eigenvalue weighted by molar-refractivity contribution is 7.86. The number of hydrogen-bond acceptors (Lipinski definition) is 6. The molecule has 3 rings (SSSR count). The van der Waals surface area contributed by atoms with E-state index in [1.807, 2.05) is 31.2 Å². The number of hydrogen-bond donors (Lipinski definition) is 3. The van der Waals surface area contributed by atoms with Crippen molar-refractivity contribution in [1.82, 2.24) is 0 Å². The zero-order valence-electron chi connectivity index (χ0n) is 16.9. The Bertz CT molecular complexity index is 1440. The first-order valence-electron chi connectivity index (χ1n) is 9.21. The molecule has 32 heavy (non-hydrogen) atoms. The van der Waals surface area contributed by atoms with Crippen LogP contribution in [0.5, 0.6) is 0 Å². The Morgan fingerprint density at radius 2 is 1.41 bits per heavy atom. The third kappa shape index (κ3) is 5.89. The van der Waals surface area contributed by atoms with Gasteiger partial charge < -0.3 is 5.73 Å². The van der Waals surface area contributed by atoms with E-state index in [4.69, 9.17) is 5.73 Å². The van der Waals surface area contributed by atoms with E-state index < -0.39 is 30.0 Å². The lowest BCUT2D eigenvalue weighted by Crippen LogP contribution is -2.02. The number of aryl methyl sites for hydroxylation is 1. The van der Waals surface area contributed by atoms with Crippen LogP contribution >= 0.6 is 0 Å². The molecular formula is C22H20N2O6S2. The zero-order chi connectivity index (χ0) is 23.5. The normalized spacial score (nSPS) is 12.6. The molecule has 0 atom stereocenters. The van der Waals surface area contributed by atoms with Gasteiger partial charge >= 0.3 is 0 Å². The molecule has 166 valence electrons. The number of benzene rings is 3. The maximum absolute atomic E-state index is 11.9. The molecule has 0 spiro atoms. The van der Waals surface area contributed by atoms with Gasteiger partial charge in [-0.15, -0.1) is 0 Å². The van der Waals surface area contributed by atoms with Crippen LogP contribution in [-0.4, -0.2) is 32.2 Å². The average molecular weight is 473 g/mol. The molecule has 0 saturated heterocycles.